The fraction of sp³-hybridized carbons (Fsp3) is 0.444. The number of aryl methyl sites for hydroxylation is 1. The predicted molar refractivity (Wildman–Crippen MR) is 91.5 cm³/mol. The van der Waals surface area contributed by atoms with Crippen LogP contribution < -0.4 is 5.32 Å². The molecule has 1 aliphatic heterocycles. The third kappa shape index (κ3) is 3.83. The summed E-state index contributed by atoms with van der Waals surface area (Å²) in [5.41, 5.74) is 1.66. The number of aliphatic hydroxyl groups excluding tert-OH is 1. The van der Waals surface area contributed by atoms with E-state index in [1.165, 1.54) is 5.56 Å². The monoisotopic (exact) mass is 328 g/mol. The number of carbonyl (C=O) groups is 1. The van der Waals surface area contributed by atoms with Crippen LogP contribution in [0.25, 0.3) is 0 Å². The molecule has 1 aromatic carbocycles. The summed E-state index contributed by atoms with van der Waals surface area (Å²) >= 11 is 0. The molecule has 1 aromatic heterocycles. The molecule has 0 spiro atoms. The van der Waals surface area contributed by atoms with Crippen molar-refractivity contribution in [2.24, 2.45) is 5.92 Å². The summed E-state index contributed by atoms with van der Waals surface area (Å²) in [5, 5.41) is 16.9. The maximum atomic E-state index is 12.4. The van der Waals surface area contributed by atoms with Gasteiger partial charge in [0.1, 0.15) is 5.69 Å². The Morgan fingerprint density at radius 2 is 2.08 bits per heavy atom. The Balaban J connectivity index is 1.61. The van der Waals surface area contributed by atoms with E-state index in [9.17, 15) is 9.90 Å². The number of nitrogens with one attached hydrogen (secondary N) is 1. The molecule has 0 radical (unpaired) electrons. The maximum Gasteiger partial charge on any atom is 0.272 e. The smallest absolute Gasteiger partial charge is 0.272 e. The van der Waals surface area contributed by atoms with E-state index in [1.807, 2.05) is 25.1 Å². The molecule has 0 unspecified atom stereocenters. The Hall–Kier alpha value is -2.18. The molecule has 0 saturated carbocycles. The number of benzene rings is 1. The Labute approximate surface area is 142 Å². The Kier molecular flexibility index (Phi) is 5.27. The molecule has 1 fully saturated rings. The van der Waals surface area contributed by atoms with Gasteiger partial charge in [-0.2, -0.15) is 5.10 Å². The van der Waals surface area contributed by atoms with Crippen LogP contribution >= 0.6 is 0 Å². The van der Waals surface area contributed by atoms with Gasteiger partial charge in [-0.1, -0.05) is 30.3 Å². The molecule has 1 amide bonds. The van der Waals surface area contributed by atoms with Gasteiger partial charge < -0.3 is 10.4 Å². The average Bonchev–Trinajstić information content (AvgIpc) is 3.22. The minimum Gasteiger partial charge on any atom is -0.396 e. The second-order valence-electron chi connectivity index (χ2n) is 6.26. The lowest BCUT2D eigenvalue weighted by Gasteiger charge is -2.17. The van der Waals surface area contributed by atoms with Crippen molar-refractivity contribution >= 4 is 5.91 Å². The molecule has 1 saturated heterocycles. The Morgan fingerprint density at radius 1 is 1.29 bits per heavy atom. The van der Waals surface area contributed by atoms with E-state index in [1.54, 1.807) is 16.9 Å². The molecule has 24 heavy (non-hydrogen) atoms. The largest absolute Gasteiger partial charge is 0.396 e. The highest BCUT2D eigenvalue weighted by atomic mass is 16.3. The van der Waals surface area contributed by atoms with Crippen molar-refractivity contribution in [3.63, 3.8) is 0 Å². The lowest BCUT2D eigenvalue weighted by Crippen LogP contribution is -2.41. The van der Waals surface area contributed by atoms with Gasteiger partial charge in [0.15, 0.2) is 0 Å². The van der Waals surface area contributed by atoms with Crippen LogP contribution in [0.15, 0.2) is 42.6 Å². The van der Waals surface area contributed by atoms with E-state index in [4.69, 9.17) is 0 Å². The van der Waals surface area contributed by atoms with Gasteiger partial charge in [0.2, 0.25) is 0 Å². The van der Waals surface area contributed by atoms with E-state index in [0.29, 0.717) is 5.69 Å². The minimum atomic E-state index is -0.174. The van der Waals surface area contributed by atoms with Crippen LogP contribution in [0.3, 0.4) is 0 Å². The summed E-state index contributed by atoms with van der Waals surface area (Å²) in [6.45, 7) is 5.13. The quantitative estimate of drug-likeness (QED) is 0.834. The molecular weight excluding hydrogens is 304 g/mol. The molecule has 2 N–H and O–H groups in total. The van der Waals surface area contributed by atoms with Crippen LogP contribution in [0, 0.1) is 5.92 Å². The number of aromatic nitrogens is 2. The van der Waals surface area contributed by atoms with Gasteiger partial charge in [-0.3, -0.25) is 14.4 Å². The summed E-state index contributed by atoms with van der Waals surface area (Å²) in [5.74, 6) is -0.127. The Bertz CT molecular complexity index is 671. The zero-order valence-corrected chi connectivity index (χ0v) is 13.9. The molecule has 128 valence electrons. The van der Waals surface area contributed by atoms with Crippen LogP contribution in [0.4, 0.5) is 0 Å². The summed E-state index contributed by atoms with van der Waals surface area (Å²) in [4.78, 5) is 14.6. The predicted octanol–water partition coefficient (Wildman–Crippen LogP) is 1.13. The highest BCUT2D eigenvalue weighted by Gasteiger charge is 2.33. The second kappa shape index (κ2) is 7.59. The standard InChI is InChI=1S/C18H24N4O2/c1-2-22-9-8-16(20-22)18(24)19-17-12-21(11-15(17)13-23)10-14-6-4-3-5-7-14/h3-9,15,17,23H,2,10-13H2,1H3,(H,19,24)/t15-,17+/m0/s1. The minimum absolute atomic E-state index is 0.0472. The SMILES string of the molecule is CCn1ccc(C(=O)N[C@@H]2CN(Cc3ccccc3)C[C@H]2CO)n1. The number of hydrogen-bond acceptors (Lipinski definition) is 4. The van der Waals surface area contributed by atoms with Gasteiger partial charge in [-0.15, -0.1) is 0 Å². The van der Waals surface area contributed by atoms with Crippen molar-refractivity contribution in [2.45, 2.75) is 26.1 Å². The normalized spacial score (nSPS) is 21.1. The van der Waals surface area contributed by atoms with Crippen molar-refractivity contribution in [3.8, 4) is 0 Å². The fourth-order valence-electron chi connectivity index (χ4n) is 3.18. The molecule has 0 aliphatic carbocycles. The fourth-order valence-corrected chi connectivity index (χ4v) is 3.18. The van der Waals surface area contributed by atoms with E-state index < -0.39 is 0 Å². The lowest BCUT2D eigenvalue weighted by molar-refractivity contribution is 0.0915. The number of nitrogens with zero attached hydrogens (tertiary/aromatic N) is 3. The first-order chi connectivity index (χ1) is 11.7. The number of carbonyl (C=O) groups excluding carboxylic acids is 1. The molecule has 2 atom stereocenters. The van der Waals surface area contributed by atoms with Crippen molar-refractivity contribution in [2.75, 3.05) is 19.7 Å². The average molecular weight is 328 g/mol. The molecule has 2 aromatic rings. The first-order valence-electron chi connectivity index (χ1n) is 8.41. The highest BCUT2D eigenvalue weighted by Crippen LogP contribution is 2.19. The van der Waals surface area contributed by atoms with Crippen LogP contribution in [0.1, 0.15) is 23.0 Å². The summed E-state index contributed by atoms with van der Waals surface area (Å²) in [6.07, 6.45) is 1.80. The van der Waals surface area contributed by atoms with E-state index >= 15 is 0 Å². The van der Waals surface area contributed by atoms with E-state index in [-0.39, 0.29) is 24.5 Å². The van der Waals surface area contributed by atoms with E-state index in [0.717, 1.165) is 26.2 Å². The van der Waals surface area contributed by atoms with Crippen LogP contribution in [-0.4, -0.2) is 51.4 Å². The van der Waals surface area contributed by atoms with Gasteiger partial charge in [0, 0.05) is 50.9 Å². The third-order valence-corrected chi connectivity index (χ3v) is 4.51. The van der Waals surface area contributed by atoms with Gasteiger partial charge in [-0.25, -0.2) is 0 Å². The summed E-state index contributed by atoms with van der Waals surface area (Å²) in [6, 6.07) is 11.9. The molecule has 1 aliphatic rings. The summed E-state index contributed by atoms with van der Waals surface area (Å²) in [7, 11) is 0. The number of aliphatic hydroxyl groups is 1. The van der Waals surface area contributed by atoms with Gasteiger partial charge in [0.25, 0.3) is 5.91 Å². The number of rotatable bonds is 6. The molecule has 2 heterocycles. The van der Waals surface area contributed by atoms with Crippen molar-refractivity contribution < 1.29 is 9.90 Å². The molecule has 0 bridgehead atoms. The number of amides is 1. The third-order valence-electron chi connectivity index (χ3n) is 4.51. The lowest BCUT2D eigenvalue weighted by atomic mass is 10.1. The zero-order valence-electron chi connectivity index (χ0n) is 13.9. The van der Waals surface area contributed by atoms with Gasteiger partial charge in [0.05, 0.1) is 0 Å². The molecule has 3 rings (SSSR count). The van der Waals surface area contributed by atoms with Crippen molar-refractivity contribution in [3.05, 3.63) is 53.9 Å². The van der Waals surface area contributed by atoms with Crippen LogP contribution in [-0.2, 0) is 13.1 Å². The zero-order chi connectivity index (χ0) is 16.9. The maximum absolute atomic E-state index is 12.4. The van der Waals surface area contributed by atoms with Crippen molar-refractivity contribution in [1.82, 2.24) is 20.0 Å². The van der Waals surface area contributed by atoms with Gasteiger partial charge >= 0.3 is 0 Å². The highest BCUT2D eigenvalue weighted by molar-refractivity contribution is 5.92. The van der Waals surface area contributed by atoms with E-state index in [2.05, 4.69) is 27.4 Å². The molecule has 6 nitrogen and oxygen atoms in total. The topological polar surface area (TPSA) is 70.4 Å². The number of hydrogen-bond donors (Lipinski definition) is 2. The summed E-state index contributed by atoms with van der Waals surface area (Å²) < 4.78 is 1.73. The van der Waals surface area contributed by atoms with Crippen molar-refractivity contribution in [1.29, 1.82) is 0 Å². The van der Waals surface area contributed by atoms with Crippen LogP contribution in [0.2, 0.25) is 0 Å². The molecular formula is C18H24N4O2. The Morgan fingerprint density at radius 3 is 2.75 bits per heavy atom. The first-order valence-corrected chi connectivity index (χ1v) is 8.41. The second-order valence-corrected chi connectivity index (χ2v) is 6.26. The first kappa shape index (κ1) is 16.7. The number of likely N-dealkylation sites (tertiary alicyclic amines) is 1. The molecule has 6 heteroatoms. The van der Waals surface area contributed by atoms with Crippen LogP contribution in [0.5, 0.6) is 0 Å². The van der Waals surface area contributed by atoms with Gasteiger partial charge in [-0.05, 0) is 18.6 Å².